The largest absolute Gasteiger partial charge is 0.459 e. The standard InChI is InChI=1S/C20H30O4/c1-2-3-4-5-6-10-13-19-18(22)16-15-17(21)12-9-7-8-11-14-20(23)24-19/h3-4,6-7,9-10,15-19,21-22H,2,5,8,11-14H2,1H3. The van der Waals surface area contributed by atoms with Crippen LogP contribution in [0.5, 0.6) is 0 Å². The van der Waals surface area contributed by atoms with Gasteiger partial charge in [-0.3, -0.25) is 4.79 Å². The molecule has 0 amide bonds. The van der Waals surface area contributed by atoms with Crippen molar-refractivity contribution in [2.45, 2.75) is 70.2 Å². The Labute approximate surface area is 145 Å². The molecule has 0 spiro atoms. The quantitative estimate of drug-likeness (QED) is 0.595. The van der Waals surface area contributed by atoms with Crippen LogP contribution in [0.2, 0.25) is 0 Å². The molecule has 24 heavy (non-hydrogen) atoms. The average Bonchev–Trinajstić information content (AvgIpc) is 2.58. The lowest BCUT2D eigenvalue weighted by Gasteiger charge is -2.20. The molecular formula is C20H30O4. The smallest absolute Gasteiger partial charge is 0.306 e. The molecule has 2 N–H and O–H groups in total. The van der Waals surface area contributed by atoms with E-state index in [4.69, 9.17) is 4.74 Å². The van der Waals surface area contributed by atoms with Gasteiger partial charge < -0.3 is 14.9 Å². The Balaban J connectivity index is 2.67. The fourth-order valence-electron chi connectivity index (χ4n) is 2.32. The summed E-state index contributed by atoms with van der Waals surface area (Å²) in [5.74, 6) is -0.292. The second-order valence-electron chi connectivity index (χ2n) is 5.89. The fraction of sp³-hybridized carbons (Fsp3) is 0.550. The maximum absolute atomic E-state index is 11.9. The summed E-state index contributed by atoms with van der Waals surface area (Å²) in [5, 5.41) is 20.1. The van der Waals surface area contributed by atoms with E-state index in [0.29, 0.717) is 25.7 Å². The normalized spacial score (nSPS) is 27.0. The monoisotopic (exact) mass is 334 g/mol. The second kappa shape index (κ2) is 12.7. The molecule has 1 heterocycles. The number of hydrogen-bond donors (Lipinski definition) is 2. The van der Waals surface area contributed by atoms with Crippen molar-refractivity contribution < 1.29 is 19.7 Å². The summed E-state index contributed by atoms with van der Waals surface area (Å²) < 4.78 is 5.42. The van der Waals surface area contributed by atoms with Gasteiger partial charge in [0.2, 0.25) is 0 Å². The highest BCUT2D eigenvalue weighted by molar-refractivity contribution is 5.69. The molecule has 0 saturated heterocycles. The molecular weight excluding hydrogens is 304 g/mol. The molecule has 0 radical (unpaired) electrons. The molecule has 0 saturated carbocycles. The molecule has 0 bridgehead atoms. The Morgan fingerprint density at radius 2 is 1.96 bits per heavy atom. The highest BCUT2D eigenvalue weighted by Crippen LogP contribution is 2.13. The van der Waals surface area contributed by atoms with Crippen LogP contribution in [0.25, 0.3) is 0 Å². The van der Waals surface area contributed by atoms with Gasteiger partial charge in [-0.25, -0.2) is 0 Å². The molecule has 1 rings (SSSR count). The third-order valence-corrected chi connectivity index (χ3v) is 3.70. The van der Waals surface area contributed by atoms with Crippen molar-refractivity contribution in [3.8, 4) is 0 Å². The number of aliphatic hydroxyl groups is 2. The second-order valence-corrected chi connectivity index (χ2v) is 5.89. The van der Waals surface area contributed by atoms with E-state index in [-0.39, 0.29) is 5.97 Å². The third-order valence-electron chi connectivity index (χ3n) is 3.70. The summed E-state index contributed by atoms with van der Waals surface area (Å²) in [5.41, 5.74) is 0. The van der Waals surface area contributed by atoms with Crippen LogP contribution in [0.4, 0.5) is 0 Å². The van der Waals surface area contributed by atoms with E-state index in [1.165, 1.54) is 6.08 Å². The first-order chi connectivity index (χ1) is 11.6. The Hall–Kier alpha value is -1.65. The van der Waals surface area contributed by atoms with E-state index < -0.39 is 18.3 Å². The lowest BCUT2D eigenvalue weighted by atomic mass is 10.1. The van der Waals surface area contributed by atoms with Gasteiger partial charge >= 0.3 is 5.97 Å². The van der Waals surface area contributed by atoms with Crippen LogP contribution in [0.1, 0.15) is 51.9 Å². The number of carbonyl (C=O) groups excluding carboxylic acids is 1. The minimum Gasteiger partial charge on any atom is -0.459 e. The number of ether oxygens (including phenoxy) is 1. The number of allylic oxidation sites excluding steroid dienone is 4. The number of hydrogen-bond acceptors (Lipinski definition) is 4. The van der Waals surface area contributed by atoms with Gasteiger partial charge in [0, 0.05) is 12.8 Å². The van der Waals surface area contributed by atoms with Crippen LogP contribution in [0, 0.1) is 0 Å². The zero-order valence-electron chi connectivity index (χ0n) is 14.5. The topological polar surface area (TPSA) is 66.8 Å². The molecule has 1 aliphatic heterocycles. The van der Waals surface area contributed by atoms with Crippen molar-refractivity contribution in [2.75, 3.05) is 0 Å². The van der Waals surface area contributed by atoms with Crippen molar-refractivity contribution in [2.24, 2.45) is 0 Å². The summed E-state index contributed by atoms with van der Waals surface area (Å²) in [6.45, 7) is 2.08. The first kappa shape index (κ1) is 20.4. The van der Waals surface area contributed by atoms with E-state index in [1.54, 1.807) is 6.08 Å². The van der Waals surface area contributed by atoms with Gasteiger partial charge in [-0.05, 0) is 32.1 Å². The van der Waals surface area contributed by atoms with Crippen molar-refractivity contribution in [1.82, 2.24) is 0 Å². The van der Waals surface area contributed by atoms with Gasteiger partial charge in [0.25, 0.3) is 0 Å². The van der Waals surface area contributed by atoms with E-state index in [0.717, 1.165) is 19.3 Å². The lowest BCUT2D eigenvalue weighted by molar-refractivity contribution is -0.153. The molecule has 4 heteroatoms. The maximum atomic E-state index is 11.9. The van der Waals surface area contributed by atoms with Gasteiger partial charge in [0.15, 0.2) is 0 Å². The molecule has 0 aliphatic carbocycles. The molecule has 0 aromatic carbocycles. The Kier molecular flexibility index (Phi) is 10.8. The predicted octanol–water partition coefficient (Wildman–Crippen LogP) is 3.61. The van der Waals surface area contributed by atoms with Crippen molar-refractivity contribution in [3.05, 3.63) is 48.6 Å². The summed E-state index contributed by atoms with van der Waals surface area (Å²) in [7, 11) is 0. The Bertz CT molecular complexity index is 462. The van der Waals surface area contributed by atoms with Gasteiger partial charge in [-0.15, -0.1) is 0 Å². The zero-order valence-corrected chi connectivity index (χ0v) is 14.5. The molecule has 0 fully saturated rings. The first-order valence-corrected chi connectivity index (χ1v) is 8.82. The van der Waals surface area contributed by atoms with Crippen LogP contribution in [0.3, 0.4) is 0 Å². The highest BCUT2D eigenvalue weighted by atomic mass is 16.6. The number of esters is 1. The molecule has 1 aliphatic rings. The molecule has 0 aromatic heterocycles. The zero-order chi connectivity index (χ0) is 17.6. The summed E-state index contributed by atoms with van der Waals surface area (Å²) >= 11 is 0. The number of rotatable bonds is 5. The summed E-state index contributed by atoms with van der Waals surface area (Å²) in [6, 6.07) is 0. The van der Waals surface area contributed by atoms with Gasteiger partial charge in [0.1, 0.15) is 12.2 Å². The molecule has 0 aromatic rings. The third kappa shape index (κ3) is 9.48. The lowest BCUT2D eigenvalue weighted by Crippen LogP contribution is -2.29. The molecule has 3 atom stereocenters. The van der Waals surface area contributed by atoms with Crippen LogP contribution >= 0.6 is 0 Å². The minimum absolute atomic E-state index is 0.292. The van der Waals surface area contributed by atoms with E-state index >= 15 is 0 Å². The molecule has 134 valence electrons. The van der Waals surface area contributed by atoms with Crippen LogP contribution in [-0.4, -0.2) is 34.5 Å². The van der Waals surface area contributed by atoms with E-state index in [2.05, 4.69) is 19.1 Å². The molecule has 4 nitrogen and oxygen atoms in total. The van der Waals surface area contributed by atoms with Crippen molar-refractivity contribution in [1.29, 1.82) is 0 Å². The SMILES string of the molecule is CCC=CCC=CCC1OC(=O)CCCC=CCC(O)C=CC1O. The first-order valence-electron chi connectivity index (χ1n) is 8.82. The van der Waals surface area contributed by atoms with Gasteiger partial charge in [-0.2, -0.15) is 0 Å². The average molecular weight is 334 g/mol. The van der Waals surface area contributed by atoms with Crippen LogP contribution < -0.4 is 0 Å². The summed E-state index contributed by atoms with van der Waals surface area (Å²) in [4.78, 5) is 11.9. The predicted molar refractivity (Wildman–Crippen MR) is 96.4 cm³/mol. The fourth-order valence-corrected chi connectivity index (χ4v) is 2.32. The van der Waals surface area contributed by atoms with Gasteiger partial charge in [0.05, 0.1) is 6.10 Å². The van der Waals surface area contributed by atoms with Crippen LogP contribution in [-0.2, 0) is 9.53 Å². The van der Waals surface area contributed by atoms with Gasteiger partial charge in [-0.1, -0.05) is 55.5 Å². The number of carbonyl (C=O) groups is 1. The Morgan fingerprint density at radius 3 is 2.75 bits per heavy atom. The number of cyclic esters (lactones) is 1. The molecule has 3 unspecified atom stereocenters. The van der Waals surface area contributed by atoms with Crippen molar-refractivity contribution in [3.63, 3.8) is 0 Å². The van der Waals surface area contributed by atoms with Crippen LogP contribution in [0.15, 0.2) is 48.6 Å². The highest BCUT2D eigenvalue weighted by Gasteiger charge is 2.20. The van der Waals surface area contributed by atoms with E-state index in [1.807, 2.05) is 24.3 Å². The minimum atomic E-state index is -0.927. The number of aliphatic hydroxyl groups excluding tert-OH is 2. The van der Waals surface area contributed by atoms with Crippen molar-refractivity contribution >= 4 is 5.97 Å². The van der Waals surface area contributed by atoms with E-state index in [9.17, 15) is 15.0 Å². The maximum Gasteiger partial charge on any atom is 0.306 e. The Morgan fingerprint density at radius 1 is 1.17 bits per heavy atom. The summed E-state index contributed by atoms with van der Waals surface area (Å²) in [6.07, 6.45) is 17.4.